The third kappa shape index (κ3) is 11.2. The van der Waals surface area contributed by atoms with Crippen molar-refractivity contribution in [3.63, 3.8) is 0 Å². The average Bonchev–Trinajstić information content (AvgIpc) is 2.85. The van der Waals surface area contributed by atoms with E-state index in [9.17, 15) is 9.59 Å². The van der Waals surface area contributed by atoms with E-state index in [1.807, 2.05) is 48.2 Å². The molecule has 35 heavy (non-hydrogen) atoms. The molecule has 5 nitrogen and oxygen atoms in total. The number of rotatable bonds is 16. The molecular weight excluding hydrogens is 456 g/mol. The number of ether oxygens (including phenoxy) is 1. The highest BCUT2D eigenvalue weighted by Crippen LogP contribution is 2.32. The van der Waals surface area contributed by atoms with Crippen LogP contribution in [0.5, 0.6) is 5.75 Å². The molecule has 0 aliphatic rings. The molecule has 2 rings (SSSR count). The van der Waals surface area contributed by atoms with Crippen LogP contribution in [-0.2, 0) is 4.79 Å². The Morgan fingerprint density at radius 2 is 1.54 bits per heavy atom. The quantitative estimate of drug-likeness (QED) is 0.144. The van der Waals surface area contributed by atoms with Gasteiger partial charge in [0.15, 0.2) is 0 Å². The summed E-state index contributed by atoms with van der Waals surface area (Å²) in [5.41, 5.74) is 0.920. The van der Waals surface area contributed by atoms with Crippen LogP contribution in [-0.4, -0.2) is 25.1 Å². The zero-order valence-corrected chi connectivity index (χ0v) is 22.5. The van der Waals surface area contributed by atoms with Crippen molar-refractivity contribution in [1.29, 1.82) is 0 Å². The van der Waals surface area contributed by atoms with Crippen molar-refractivity contribution in [3.8, 4) is 5.75 Å². The summed E-state index contributed by atoms with van der Waals surface area (Å²) >= 11 is 1.63. The first kappa shape index (κ1) is 28.8. The van der Waals surface area contributed by atoms with Crippen molar-refractivity contribution in [1.82, 2.24) is 5.32 Å². The summed E-state index contributed by atoms with van der Waals surface area (Å²) in [7, 11) is 0. The molecule has 2 amide bonds. The van der Waals surface area contributed by atoms with Gasteiger partial charge >= 0.3 is 12.0 Å². The number of anilines is 1. The van der Waals surface area contributed by atoms with E-state index >= 15 is 0 Å². The Kier molecular flexibility index (Phi) is 14.0. The van der Waals surface area contributed by atoms with E-state index in [1.165, 1.54) is 19.3 Å². The number of nitrogens with zero attached hydrogens (tertiary/aromatic N) is 1. The number of unbranched alkanes of at least 4 members (excludes halogenated alkanes) is 6. The van der Waals surface area contributed by atoms with Crippen molar-refractivity contribution in [2.24, 2.45) is 0 Å². The standard InChI is InChI=1S/C29H42N2O3S/c1-4-7-9-10-12-22-31(29(33)30-21-11-8-5-2)24-15-13-16-27(23-24)35-26-19-17-25(18-20-26)34-28(32)14-6-3/h13,15-20,23H,4-12,14,21-22H2,1-3H3,(H,30,33). The minimum Gasteiger partial charge on any atom is -0.427 e. The molecule has 0 spiro atoms. The first-order valence-electron chi connectivity index (χ1n) is 13.2. The highest BCUT2D eigenvalue weighted by molar-refractivity contribution is 7.99. The van der Waals surface area contributed by atoms with E-state index < -0.39 is 0 Å². The van der Waals surface area contributed by atoms with Gasteiger partial charge in [0.25, 0.3) is 0 Å². The molecule has 0 fully saturated rings. The Morgan fingerprint density at radius 1 is 0.829 bits per heavy atom. The molecule has 0 radical (unpaired) electrons. The van der Waals surface area contributed by atoms with Gasteiger partial charge in [0.2, 0.25) is 0 Å². The lowest BCUT2D eigenvalue weighted by atomic mass is 10.1. The molecule has 0 bridgehead atoms. The summed E-state index contributed by atoms with van der Waals surface area (Å²) in [4.78, 5) is 28.7. The average molecular weight is 499 g/mol. The van der Waals surface area contributed by atoms with Gasteiger partial charge < -0.3 is 10.1 Å². The van der Waals surface area contributed by atoms with Crippen LogP contribution in [0.4, 0.5) is 10.5 Å². The fourth-order valence-electron chi connectivity index (χ4n) is 3.70. The zero-order valence-electron chi connectivity index (χ0n) is 21.7. The zero-order chi connectivity index (χ0) is 25.3. The summed E-state index contributed by atoms with van der Waals surface area (Å²) in [5.74, 6) is 0.360. The number of hydrogen-bond acceptors (Lipinski definition) is 4. The van der Waals surface area contributed by atoms with Crippen LogP contribution >= 0.6 is 11.8 Å². The number of carbonyl (C=O) groups excluding carboxylic acids is 2. The van der Waals surface area contributed by atoms with E-state index in [2.05, 4.69) is 31.3 Å². The number of carbonyl (C=O) groups is 2. The monoisotopic (exact) mass is 498 g/mol. The predicted octanol–water partition coefficient (Wildman–Crippen LogP) is 8.22. The second kappa shape index (κ2) is 17.0. The third-order valence-corrected chi connectivity index (χ3v) is 6.66. The van der Waals surface area contributed by atoms with Crippen LogP contribution in [0.1, 0.15) is 85.0 Å². The predicted molar refractivity (Wildman–Crippen MR) is 147 cm³/mol. The number of nitrogens with one attached hydrogen (secondary N) is 1. The molecule has 0 saturated heterocycles. The van der Waals surface area contributed by atoms with Crippen LogP contribution < -0.4 is 15.0 Å². The highest BCUT2D eigenvalue weighted by Gasteiger charge is 2.16. The molecule has 0 saturated carbocycles. The molecule has 0 unspecified atom stereocenters. The molecule has 0 aromatic heterocycles. The topological polar surface area (TPSA) is 58.6 Å². The van der Waals surface area contributed by atoms with Crippen LogP contribution in [0.15, 0.2) is 58.3 Å². The summed E-state index contributed by atoms with van der Waals surface area (Å²) < 4.78 is 5.35. The van der Waals surface area contributed by atoms with Gasteiger partial charge in [0, 0.05) is 35.0 Å². The van der Waals surface area contributed by atoms with Crippen molar-refractivity contribution < 1.29 is 14.3 Å². The van der Waals surface area contributed by atoms with E-state index in [0.717, 1.165) is 60.5 Å². The van der Waals surface area contributed by atoms with Crippen LogP contribution in [0, 0.1) is 0 Å². The Labute approximate surface area is 216 Å². The van der Waals surface area contributed by atoms with E-state index in [0.29, 0.717) is 18.7 Å². The molecule has 0 aliphatic heterocycles. The molecule has 0 aliphatic carbocycles. The van der Waals surface area contributed by atoms with Gasteiger partial charge in [-0.3, -0.25) is 9.69 Å². The first-order chi connectivity index (χ1) is 17.1. The van der Waals surface area contributed by atoms with Crippen LogP contribution in [0.2, 0.25) is 0 Å². The SMILES string of the molecule is CCCCCCCN(C(=O)NCCCCC)c1cccc(Sc2ccc(OC(=O)CCC)cc2)c1. The van der Waals surface area contributed by atoms with Gasteiger partial charge in [-0.15, -0.1) is 0 Å². The molecule has 2 aromatic rings. The molecule has 0 heterocycles. The Morgan fingerprint density at radius 3 is 2.26 bits per heavy atom. The highest BCUT2D eigenvalue weighted by atomic mass is 32.2. The largest absolute Gasteiger partial charge is 0.427 e. The number of urea groups is 1. The van der Waals surface area contributed by atoms with E-state index in [4.69, 9.17) is 4.74 Å². The Balaban J connectivity index is 2.05. The van der Waals surface area contributed by atoms with Gasteiger partial charge in [-0.2, -0.15) is 0 Å². The van der Waals surface area contributed by atoms with Gasteiger partial charge in [-0.05, 0) is 61.7 Å². The smallest absolute Gasteiger partial charge is 0.321 e. The van der Waals surface area contributed by atoms with Gasteiger partial charge in [-0.1, -0.05) is 77.1 Å². The summed E-state index contributed by atoms with van der Waals surface area (Å²) in [6, 6.07) is 15.7. The number of esters is 1. The maximum Gasteiger partial charge on any atom is 0.321 e. The Hall–Kier alpha value is -2.47. The minimum atomic E-state index is -0.205. The lowest BCUT2D eigenvalue weighted by Gasteiger charge is -2.24. The van der Waals surface area contributed by atoms with E-state index in [-0.39, 0.29) is 12.0 Å². The van der Waals surface area contributed by atoms with Crippen molar-refractivity contribution in [3.05, 3.63) is 48.5 Å². The second-order valence-corrected chi connectivity index (χ2v) is 9.95. The Bertz CT molecular complexity index is 886. The maximum atomic E-state index is 13.0. The third-order valence-electron chi connectivity index (χ3n) is 5.66. The summed E-state index contributed by atoms with van der Waals surface area (Å²) in [5, 5.41) is 3.11. The van der Waals surface area contributed by atoms with Crippen LogP contribution in [0.25, 0.3) is 0 Å². The van der Waals surface area contributed by atoms with E-state index in [1.54, 1.807) is 11.8 Å². The summed E-state index contributed by atoms with van der Waals surface area (Å²) in [6.45, 7) is 7.77. The van der Waals surface area contributed by atoms with Gasteiger partial charge in [0.05, 0.1) is 0 Å². The molecule has 0 atom stereocenters. The molecular formula is C29H42N2O3S. The van der Waals surface area contributed by atoms with Crippen molar-refractivity contribution in [2.75, 3.05) is 18.0 Å². The van der Waals surface area contributed by atoms with Crippen molar-refractivity contribution in [2.45, 2.75) is 94.8 Å². The maximum absolute atomic E-state index is 13.0. The summed E-state index contributed by atoms with van der Waals surface area (Å²) in [6.07, 6.45) is 10.3. The van der Waals surface area contributed by atoms with Gasteiger partial charge in [-0.25, -0.2) is 4.79 Å². The fraction of sp³-hybridized carbons (Fsp3) is 0.517. The number of amides is 2. The molecule has 1 N–H and O–H groups in total. The normalized spacial score (nSPS) is 10.7. The lowest BCUT2D eigenvalue weighted by molar-refractivity contribution is -0.134. The van der Waals surface area contributed by atoms with Gasteiger partial charge in [0.1, 0.15) is 5.75 Å². The fourth-order valence-corrected chi connectivity index (χ4v) is 4.57. The van der Waals surface area contributed by atoms with Crippen LogP contribution in [0.3, 0.4) is 0 Å². The lowest BCUT2D eigenvalue weighted by Crippen LogP contribution is -2.41. The number of benzene rings is 2. The molecule has 2 aromatic carbocycles. The minimum absolute atomic E-state index is 0.0167. The second-order valence-electron chi connectivity index (χ2n) is 8.80. The first-order valence-corrected chi connectivity index (χ1v) is 14.0. The number of hydrogen-bond donors (Lipinski definition) is 1. The van der Waals surface area contributed by atoms with Crippen molar-refractivity contribution >= 4 is 29.4 Å². The molecule has 192 valence electrons. The molecule has 6 heteroatoms.